The van der Waals surface area contributed by atoms with Crippen molar-refractivity contribution in [1.82, 2.24) is 43.3 Å². The average molecular weight is 1300 g/mol. The van der Waals surface area contributed by atoms with Gasteiger partial charge in [-0.05, 0) is 69.0 Å². The molecule has 23 heteroatoms. The number of fused-ring (bicyclic) bond motifs is 6. The number of H-pyrrole nitrogens is 5. The number of aromatic nitrogens is 5. The van der Waals surface area contributed by atoms with Gasteiger partial charge < -0.3 is 59.4 Å². The second-order valence-electron chi connectivity index (χ2n) is 25.8. The van der Waals surface area contributed by atoms with Gasteiger partial charge in [-0.25, -0.2) is 16.8 Å². The number of rotatable bonds is 7. The van der Waals surface area contributed by atoms with Gasteiger partial charge >= 0.3 is 0 Å². The second-order valence-corrected chi connectivity index (χ2v) is 29.7. The topological polar surface area (TPSA) is 245 Å². The Morgan fingerprint density at radius 3 is 1.43 bits per heavy atom. The van der Waals surface area contributed by atoms with Crippen LogP contribution in [0.4, 0.5) is 22.7 Å². The summed E-state index contributed by atoms with van der Waals surface area (Å²) in [4.78, 5) is 64.0. The molecule has 490 valence electrons. The summed E-state index contributed by atoms with van der Waals surface area (Å²) in [5, 5.41) is 16.3. The number of aliphatic hydroxyl groups is 1. The van der Waals surface area contributed by atoms with Gasteiger partial charge in [0.25, 0.3) is 0 Å². The van der Waals surface area contributed by atoms with E-state index in [1.54, 1.807) is 9.21 Å². The van der Waals surface area contributed by atoms with Crippen molar-refractivity contribution < 1.29 is 36.3 Å². The van der Waals surface area contributed by atoms with E-state index >= 15 is 0 Å². The Labute approximate surface area is 543 Å². The average Bonchev–Trinajstić information content (AvgIpc) is 1.73. The van der Waals surface area contributed by atoms with Crippen LogP contribution in [-0.4, -0.2) is 205 Å². The highest BCUT2D eigenvalue weighted by molar-refractivity contribution is 7.88. The second kappa shape index (κ2) is 27.2. The molecule has 0 saturated carbocycles. The van der Waals surface area contributed by atoms with Gasteiger partial charge in [0.15, 0.2) is 5.78 Å². The van der Waals surface area contributed by atoms with Gasteiger partial charge in [0.05, 0.1) is 54.5 Å². The van der Waals surface area contributed by atoms with Gasteiger partial charge in [-0.2, -0.15) is 8.61 Å². The Kier molecular flexibility index (Phi) is 18.8. The number of hydrogen-bond donors (Lipinski definition) is 6. The van der Waals surface area contributed by atoms with Gasteiger partial charge in [-0.15, -0.1) is 0 Å². The molecule has 6 aliphatic rings. The number of anilines is 4. The van der Waals surface area contributed by atoms with Crippen molar-refractivity contribution in [3.63, 3.8) is 0 Å². The van der Waals surface area contributed by atoms with Crippen LogP contribution in [-0.2, 0) is 34.4 Å². The maximum absolute atomic E-state index is 11.9. The number of piperidine rings is 2. The van der Waals surface area contributed by atoms with Gasteiger partial charge in [-0.1, -0.05) is 91.0 Å². The number of hydrogen-bond acceptors (Lipinski definition) is 12. The number of nitrogens with one attached hydrogen (secondary N) is 5. The zero-order chi connectivity index (χ0) is 65.2. The van der Waals surface area contributed by atoms with Crippen LogP contribution in [0.5, 0.6) is 0 Å². The number of sulfonamides is 2. The molecular weight excluding hydrogens is 1210 g/mol. The van der Waals surface area contributed by atoms with E-state index in [-0.39, 0.29) is 18.4 Å². The molecule has 11 heterocycles. The number of Topliss-reactive ketones (excluding diaryl/α,β-unsaturated/α-hetero) is 1. The number of benzene rings is 5. The molecule has 0 bridgehead atoms. The smallest absolute Gasteiger partial charge is 0.241 e. The molecular formula is C70H85N13O8S2. The number of likely N-dealkylation sites (N-methyl/N-ethyl adjacent to an activating group) is 1. The van der Waals surface area contributed by atoms with Crippen molar-refractivity contribution >= 4 is 115 Å². The van der Waals surface area contributed by atoms with Crippen LogP contribution in [0.1, 0.15) is 57.4 Å². The molecule has 10 aromatic rings. The lowest BCUT2D eigenvalue weighted by Crippen LogP contribution is -2.60. The first-order valence-electron chi connectivity index (χ1n) is 32.1. The summed E-state index contributed by atoms with van der Waals surface area (Å²) in [5.41, 5.74) is 10.9. The lowest BCUT2D eigenvalue weighted by molar-refractivity contribution is -0.130. The lowest BCUT2D eigenvalue weighted by Gasteiger charge is -2.46. The fourth-order valence-electron chi connectivity index (χ4n) is 14.3. The summed E-state index contributed by atoms with van der Waals surface area (Å²) >= 11 is 0. The standard InChI is InChI=1S/C15H21N3O2S.C15H17N3O.C14H18N2O3S.C13H15N3O.C13H14N2O/c1-15(2)11-17(8-9-18(15)21(3,19)20)14-10-16-13-7-5-4-6-12(13)14;19-15-6-5-11-10-17(7-8-18(11)15)14-9-16-13-4-2-1-3-12(13)14;1-20(18,19)16-7-6-11(14(17)9-16)12-8-15-13-5-3-2-4-10(12)13;1-15-6-7-16(9-13(15)17)12-8-14-11-5-3-2-4-10(11)12;16-10-4-3-7-15(9-10)13-8-14-12-6-2-1-5-11(12)13/h4-7,10,16H,8-9,11H2,1-3H3;1-4,9,11,16H,5-8,10H2;2-5,8,11,14-15,17H,6-7,9H2,1H3;2-5,8,14H,6-7,9H2,1H3;1-2,5-6,8,14H,3-4,7,9H2. The zero-order valence-electron chi connectivity index (χ0n) is 53.6. The summed E-state index contributed by atoms with van der Waals surface area (Å²) < 4.78 is 49.9. The normalized spacial score (nSPS) is 20.7. The Morgan fingerprint density at radius 2 is 0.935 bits per heavy atom. The lowest BCUT2D eigenvalue weighted by atomic mass is 9.88. The zero-order valence-corrected chi connectivity index (χ0v) is 55.2. The van der Waals surface area contributed by atoms with Crippen molar-refractivity contribution in [3.05, 3.63) is 158 Å². The highest BCUT2D eigenvalue weighted by atomic mass is 32.2. The number of carbonyl (C=O) groups is 3. The van der Waals surface area contributed by atoms with Crippen molar-refractivity contribution in [2.45, 2.75) is 69.6 Å². The van der Waals surface area contributed by atoms with Gasteiger partial charge in [0, 0.05) is 195 Å². The molecule has 0 radical (unpaired) electrons. The monoisotopic (exact) mass is 1300 g/mol. The summed E-state index contributed by atoms with van der Waals surface area (Å²) in [6, 6.07) is 41.3. The number of aliphatic hydroxyl groups excluding tert-OH is 1. The number of β-amino-alcohol motifs (C(OH)–C–C–N with tert-alkyl or cyclic N) is 1. The molecule has 6 aliphatic heterocycles. The third-order valence-corrected chi connectivity index (χ3v) is 21.8. The molecule has 0 aliphatic carbocycles. The fraction of sp³-hybridized carbons (Fsp3) is 0.386. The number of ketones is 1. The number of amides is 2. The van der Waals surface area contributed by atoms with Crippen LogP contribution in [0.25, 0.3) is 54.5 Å². The summed E-state index contributed by atoms with van der Waals surface area (Å²) in [6.07, 6.45) is 15.9. The number of nitrogens with zero attached hydrogens (tertiary/aromatic N) is 8. The van der Waals surface area contributed by atoms with E-state index in [0.29, 0.717) is 63.4 Å². The molecule has 6 saturated heterocycles. The van der Waals surface area contributed by atoms with Crippen LogP contribution in [0.15, 0.2) is 152 Å². The number of piperazine rings is 3. The molecule has 3 atom stereocenters. The van der Waals surface area contributed by atoms with Gasteiger partial charge in [0.1, 0.15) is 0 Å². The molecule has 5 aromatic heterocycles. The van der Waals surface area contributed by atoms with E-state index in [1.807, 2.05) is 106 Å². The minimum Gasteiger partial charge on any atom is -0.391 e. The predicted octanol–water partition coefficient (Wildman–Crippen LogP) is 9.07. The first-order valence-corrected chi connectivity index (χ1v) is 35.8. The van der Waals surface area contributed by atoms with E-state index in [4.69, 9.17) is 0 Å². The Morgan fingerprint density at radius 1 is 0.473 bits per heavy atom. The van der Waals surface area contributed by atoms with E-state index < -0.39 is 31.7 Å². The maximum atomic E-state index is 11.9. The molecule has 3 unspecified atom stereocenters. The molecule has 21 nitrogen and oxygen atoms in total. The third-order valence-electron chi connectivity index (χ3n) is 19.1. The largest absolute Gasteiger partial charge is 0.391 e. The van der Waals surface area contributed by atoms with E-state index in [0.717, 1.165) is 115 Å². The van der Waals surface area contributed by atoms with E-state index in [1.165, 1.54) is 49.6 Å². The first-order chi connectivity index (χ1) is 44.7. The van der Waals surface area contributed by atoms with Crippen LogP contribution in [0.2, 0.25) is 0 Å². The molecule has 5 aromatic carbocycles. The Hall–Kier alpha value is -8.61. The van der Waals surface area contributed by atoms with Crippen molar-refractivity contribution in [2.75, 3.05) is 124 Å². The molecule has 93 heavy (non-hydrogen) atoms. The minimum atomic E-state index is -3.23. The first kappa shape index (κ1) is 64.5. The third kappa shape index (κ3) is 14.2. The Balaban J connectivity index is 0.000000112. The van der Waals surface area contributed by atoms with Crippen LogP contribution >= 0.6 is 0 Å². The number of aromatic amines is 5. The summed E-state index contributed by atoms with van der Waals surface area (Å²) in [6.45, 7) is 13.0. The SMILES string of the molecule is CC1(C)CN(c2c[nH]c3ccccc23)CCN1S(C)(=O)=O.CN1CCN(c2c[nH]c3ccccc23)CC1=O.CS(=O)(=O)N1CCC(c2c[nH]c3ccccc23)C(O)C1.O=C1CCC2CN(c3c[nH]c4ccccc34)CCN12.O=C1CCCN(c2c[nH]c3ccccc23)C1. The van der Waals surface area contributed by atoms with Crippen molar-refractivity contribution in [2.24, 2.45) is 0 Å². The van der Waals surface area contributed by atoms with Gasteiger partial charge in [0.2, 0.25) is 31.9 Å². The van der Waals surface area contributed by atoms with Crippen LogP contribution in [0, 0.1) is 0 Å². The number of carbonyl (C=O) groups excluding carboxylic acids is 3. The Bertz CT molecular complexity index is 4530. The molecule has 0 spiro atoms. The minimum absolute atomic E-state index is 0.0239. The van der Waals surface area contributed by atoms with E-state index in [2.05, 4.69) is 116 Å². The highest BCUT2D eigenvalue weighted by Crippen LogP contribution is 2.37. The van der Waals surface area contributed by atoms with Crippen molar-refractivity contribution in [3.8, 4) is 0 Å². The highest BCUT2D eigenvalue weighted by Gasteiger charge is 2.40. The van der Waals surface area contributed by atoms with Gasteiger partial charge in [-0.3, -0.25) is 14.4 Å². The predicted molar refractivity (Wildman–Crippen MR) is 372 cm³/mol. The van der Waals surface area contributed by atoms with Crippen LogP contribution < -0.4 is 19.6 Å². The van der Waals surface area contributed by atoms with Crippen LogP contribution in [0.3, 0.4) is 0 Å². The fourth-order valence-corrected chi connectivity index (χ4v) is 16.5. The number of para-hydroxylation sites is 5. The quantitative estimate of drug-likeness (QED) is 0.0875. The van der Waals surface area contributed by atoms with E-state index in [9.17, 15) is 36.3 Å². The summed E-state index contributed by atoms with van der Waals surface area (Å²) in [5.74, 6) is 0.839. The maximum Gasteiger partial charge on any atom is 0.241 e. The van der Waals surface area contributed by atoms with Crippen molar-refractivity contribution in [1.29, 1.82) is 0 Å². The molecule has 16 rings (SSSR count). The molecule has 6 fully saturated rings. The summed E-state index contributed by atoms with van der Waals surface area (Å²) in [7, 11) is -4.54. The molecule has 2 amide bonds. The molecule has 6 N–H and O–H groups in total.